The lowest BCUT2D eigenvalue weighted by molar-refractivity contribution is -0.870. The van der Waals surface area contributed by atoms with Crippen LogP contribution in [0, 0.1) is 0 Å². The molecular weight excluding hydrogens is 1070 g/mol. The highest BCUT2D eigenvalue weighted by Gasteiger charge is 2.23. The van der Waals surface area contributed by atoms with Crippen LogP contribution in [0.1, 0.15) is 341 Å². The number of allylic oxidation sites excluding steroid dienone is 13. The Bertz CT molecular complexity index is 1660. The summed E-state index contributed by atoms with van der Waals surface area (Å²) in [6.45, 7) is 4.58. The van der Waals surface area contributed by atoms with Crippen molar-refractivity contribution in [3.05, 3.63) is 85.1 Å². The quantitative estimate of drug-likeness (QED) is 0.0272. The van der Waals surface area contributed by atoms with Gasteiger partial charge >= 0.3 is 0 Å². The van der Waals surface area contributed by atoms with Gasteiger partial charge in [0, 0.05) is 6.42 Å². The third kappa shape index (κ3) is 69.0. The van der Waals surface area contributed by atoms with Crippen LogP contribution in [0.2, 0.25) is 0 Å². The van der Waals surface area contributed by atoms with E-state index < -0.39 is 20.0 Å². The van der Waals surface area contributed by atoms with Crippen LogP contribution in [-0.2, 0) is 18.4 Å². The molecule has 0 fully saturated rings. The minimum absolute atomic E-state index is 0.000729. The Morgan fingerprint density at radius 2 is 0.718 bits per heavy atom. The summed E-state index contributed by atoms with van der Waals surface area (Å²) in [5.41, 5.74) is 0. The summed E-state index contributed by atoms with van der Waals surface area (Å²) in [7, 11) is 1.27. The van der Waals surface area contributed by atoms with Crippen molar-refractivity contribution in [3.8, 4) is 0 Å². The number of unbranched alkanes of at least 4 members (excludes halogenated alkanes) is 42. The van der Waals surface area contributed by atoms with Crippen LogP contribution in [-0.4, -0.2) is 68.5 Å². The first kappa shape index (κ1) is 82.7. The van der Waals surface area contributed by atoms with E-state index in [2.05, 4.69) is 92.1 Å². The zero-order chi connectivity index (χ0) is 61.9. The normalized spacial score (nSPS) is 14.1. The van der Waals surface area contributed by atoms with E-state index in [9.17, 15) is 19.4 Å². The molecule has 0 radical (unpaired) electrons. The van der Waals surface area contributed by atoms with Gasteiger partial charge in [-0.25, -0.2) is 0 Å². The van der Waals surface area contributed by atoms with Crippen molar-refractivity contribution in [2.45, 2.75) is 353 Å². The summed E-state index contributed by atoms with van der Waals surface area (Å²) in [6.07, 6.45) is 94.3. The van der Waals surface area contributed by atoms with Crippen LogP contribution in [0.3, 0.4) is 0 Å². The average molecular weight is 1210 g/mol. The Balaban J connectivity index is 3.96. The SMILES string of the molecule is CC/C=C\C/C=C\C/C=C\C/C=C\C/C=C\C/C=C\CCCCCCCCCCCCCCCCCCCCCCCCC(=O)NC(COP(=O)([O-])OCC[N+](C)(C)C)C(O)/C=C/CCCCCCCCCCCCCCCCCCCCCC. The topological polar surface area (TPSA) is 108 Å². The van der Waals surface area contributed by atoms with E-state index in [4.69, 9.17) is 9.05 Å². The molecule has 0 saturated carbocycles. The highest BCUT2D eigenvalue weighted by Crippen LogP contribution is 2.38. The number of amides is 1. The van der Waals surface area contributed by atoms with Crippen molar-refractivity contribution in [2.75, 3.05) is 40.9 Å². The number of likely N-dealkylation sites (N-methyl/N-ethyl adjacent to an activating group) is 1. The molecule has 0 aromatic rings. The van der Waals surface area contributed by atoms with Gasteiger partial charge in [0.1, 0.15) is 13.2 Å². The largest absolute Gasteiger partial charge is 0.756 e. The van der Waals surface area contributed by atoms with Gasteiger partial charge in [-0.05, 0) is 70.6 Å². The molecule has 0 heterocycles. The number of carbonyl (C=O) groups excluding carboxylic acids is 1. The number of aliphatic hydroxyl groups excluding tert-OH is 1. The second-order valence-electron chi connectivity index (χ2n) is 25.9. The molecule has 1 amide bonds. The molecule has 9 heteroatoms. The molecule has 0 aliphatic heterocycles. The maximum absolute atomic E-state index is 13.0. The predicted octanol–water partition coefficient (Wildman–Crippen LogP) is 22.9. The van der Waals surface area contributed by atoms with Gasteiger partial charge in [0.25, 0.3) is 7.82 Å². The molecule has 0 saturated heterocycles. The van der Waals surface area contributed by atoms with Crippen molar-refractivity contribution in [1.82, 2.24) is 5.32 Å². The molecule has 0 aromatic heterocycles. The second kappa shape index (κ2) is 66.1. The van der Waals surface area contributed by atoms with E-state index in [0.717, 1.165) is 77.0 Å². The first-order chi connectivity index (χ1) is 41.5. The standard InChI is InChI=1S/C76H141N2O6P/c1-6-8-10-12-14-16-18-20-22-24-26-28-30-31-32-33-34-35-36-37-38-39-40-41-42-43-44-45-46-47-48-50-52-54-56-58-60-62-64-66-68-70-76(80)77-74(73-84-85(81,82)83-72-71-78(3,4)5)75(79)69-67-65-63-61-59-57-55-53-51-49-29-27-25-23-21-19-17-15-13-11-9-7-2/h8,10,14,16,20,22,26,28,31-32,34-35,67,69,74-75,79H,6-7,9,11-13,15,17-19,21,23-25,27,29-30,33,36-66,68,70-73H2,1-5H3,(H-,77,80,81,82)/b10-8-,16-14-,22-20-,28-26-,32-31-,35-34-,69-67+. The number of phosphoric acid groups is 1. The smallest absolute Gasteiger partial charge is 0.268 e. The van der Waals surface area contributed by atoms with Crippen molar-refractivity contribution >= 4 is 13.7 Å². The minimum atomic E-state index is -4.60. The van der Waals surface area contributed by atoms with Gasteiger partial charge in [0.2, 0.25) is 5.91 Å². The molecule has 496 valence electrons. The number of quaternary nitrogens is 1. The lowest BCUT2D eigenvalue weighted by atomic mass is 10.0. The van der Waals surface area contributed by atoms with Gasteiger partial charge in [0.05, 0.1) is 39.9 Å². The van der Waals surface area contributed by atoms with Crippen LogP contribution in [0.5, 0.6) is 0 Å². The summed E-state index contributed by atoms with van der Waals surface area (Å²) in [5.74, 6) is -0.192. The van der Waals surface area contributed by atoms with Gasteiger partial charge in [-0.2, -0.15) is 0 Å². The number of carbonyl (C=O) groups is 1. The van der Waals surface area contributed by atoms with Gasteiger partial charge in [-0.3, -0.25) is 9.36 Å². The third-order valence-electron chi connectivity index (χ3n) is 16.4. The maximum Gasteiger partial charge on any atom is 0.268 e. The van der Waals surface area contributed by atoms with E-state index in [-0.39, 0.29) is 19.1 Å². The molecule has 3 atom stereocenters. The number of rotatable bonds is 67. The molecule has 2 N–H and O–H groups in total. The average Bonchev–Trinajstić information content (AvgIpc) is 3.48. The Morgan fingerprint density at radius 1 is 0.424 bits per heavy atom. The zero-order valence-corrected chi connectivity index (χ0v) is 57.7. The zero-order valence-electron chi connectivity index (χ0n) is 56.8. The maximum atomic E-state index is 13.0. The van der Waals surface area contributed by atoms with E-state index >= 15 is 0 Å². The van der Waals surface area contributed by atoms with E-state index in [1.54, 1.807) is 6.08 Å². The summed E-state index contributed by atoms with van der Waals surface area (Å²) in [4.78, 5) is 25.6. The first-order valence-corrected chi connectivity index (χ1v) is 37.9. The Morgan fingerprint density at radius 3 is 1.05 bits per heavy atom. The number of phosphoric ester groups is 1. The number of aliphatic hydroxyl groups is 1. The Hall–Kier alpha value is -2.32. The molecule has 0 spiro atoms. The lowest BCUT2D eigenvalue weighted by Crippen LogP contribution is -2.45. The van der Waals surface area contributed by atoms with Crippen LogP contribution < -0.4 is 10.2 Å². The summed E-state index contributed by atoms with van der Waals surface area (Å²) in [6, 6.07) is -0.889. The summed E-state index contributed by atoms with van der Waals surface area (Å²) in [5, 5.41) is 14.0. The Kier molecular flexibility index (Phi) is 64.3. The molecular formula is C76H141N2O6P. The fourth-order valence-electron chi connectivity index (χ4n) is 10.7. The van der Waals surface area contributed by atoms with E-state index in [1.165, 1.54) is 244 Å². The highest BCUT2D eigenvalue weighted by atomic mass is 31.2. The van der Waals surface area contributed by atoms with Crippen LogP contribution >= 0.6 is 7.82 Å². The number of hydrogen-bond acceptors (Lipinski definition) is 6. The van der Waals surface area contributed by atoms with Crippen molar-refractivity contribution < 1.29 is 32.9 Å². The summed E-state index contributed by atoms with van der Waals surface area (Å²) >= 11 is 0. The molecule has 0 aromatic carbocycles. The van der Waals surface area contributed by atoms with Crippen molar-refractivity contribution in [3.63, 3.8) is 0 Å². The van der Waals surface area contributed by atoms with E-state index in [0.29, 0.717) is 17.4 Å². The highest BCUT2D eigenvalue weighted by molar-refractivity contribution is 7.45. The third-order valence-corrected chi connectivity index (χ3v) is 17.3. The lowest BCUT2D eigenvalue weighted by Gasteiger charge is -2.29. The van der Waals surface area contributed by atoms with Crippen LogP contribution in [0.25, 0.3) is 0 Å². The van der Waals surface area contributed by atoms with Crippen molar-refractivity contribution in [1.29, 1.82) is 0 Å². The molecule has 0 aliphatic carbocycles. The molecule has 0 aliphatic rings. The van der Waals surface area contributed by atoms with Crippen LogP contribution in [0.4, 0.5) is 0 Å². The minimum Gasteiger partial charge on any atom is -0.756 e. The van der Waals surface area contributed by atoms with Gasteiger partial charge in [-0.1, -0.05) is 349 Å². The molecule has 8 nitrogen and oxygen atoms in total. The molecule has 0 rings (SSSR count). The number of hydrogen-bond donors (Lipinski definition) is 2. The predicted molar refractivity (Wildman–Crippen MR) is 371 cm³/mol. The van der Waals surface area contributed by atoms with Crippen LogP contribution in [0.15, 0.2) is 85.1 Å². The fourth-order valence-corrected chi connectivity index (χ4v) is 11.5. The summed E-state index contributed by atoms with van der Waals surface area (Å²) < 4.78 is 23.5. The molecule has 85 heavy (non-hydrogen) atoms. The van der Waals surface area contributed by atoms with Gasteiger partial charge in [0.15, 0.2) is 0 Å². The van der Waals surface area contributed by atoms with E-state index in [1.807, 2.05) is 27.2 Å². The van der Waals surface area contributed by atoms with Gasteiger partial charge < -0.3 is 28.8 Å². The number of nitrogens with one attached hydrogen (secondary N) is 1. The Labute approximate surface area is 528 Å². The molecule has 3 unspecified atom stereocenters. The van der Waals surface area contributed by atoms with Crippen molar-refractivity contribution in [2.24, 2.45) is 0 Å². The number of nitrogens with zero attached hydrogens (tertiary/aromatic N) is 1. The molecule has 0 bridgehead atoms. The fraction of sp³-hybridized carbons (Fsp3) is 0.803. The monoisotopic (exact) mass is 1210 g/mol. The first-order valence-electron chi connectivity index (χ1n) is 36.4. The van der Waals surface area contributed by atoms with Gasteiger partial charge in [-0.15, -0.1) is 0 Å². The second-order valence-corrected chi connectivity index (χ2v) is 27.3.